The molecule has 0 saturated carbocycles. The Bertz CT molecular complexity index is 718. The van der Waals surface area contributed by atoms with Crippen molar-refractivity contribution >= 4 is 33.4 Å². The molecule has 0 spiro atoms. The summed E-state index contributed by atoms with van der Waals surface area (Å²) in [5, 5.41) is 3.38. The van der Waals surface area contributed by atoms with Crippen molar-refractivity contribution < 1.29 is 13.9 Å². The van der Waals surface area contributed by atoms with E-state index in [1.54, 1.807) is 24.3 Å². The van der Waals surface area contributed by atoms with Crippen molar-refractivity contribution in [3.8, 4) is 5.75 Å². The molecule has 1 unspecified atom stereocenters. The zero-order valence-corrected chi connectivity index (χ0v) is 13.7. The first-order valence-corrected chi connectivity index (χ1v) is 7.86. The molecule has 1 heterocycles. The van der Waals surface area contributed by atoms with E-state index in [1.165, 1.54) is 12.1 Å². The molecule has 0 bridgehead atoms. The number of nitrogens with one attached hydrogen (secondary N) is 1. The van der Waals surface area contributed by atoms with E-state index >= 15 is 0 Å². The van der Waals surface area contributed by atoms with Crippen LogP contribution in [0.3, 0.4) is 0 Å². The maximum atomic E-state index is 13.3. The quantitative estimate of drug-likeness (QED) is 0.872. The molecular formula is C16H12BrClFNO2. The number of halogens is 3. The average molecular weight is 385 g/mol. The summed E-state index contributed by atoms with van der Waals surface area (Å²) in [4.78, 5) is 12.2. The maximum absolute atomic E-state index is 13.3. The summed E-state index contributed by atoms with van der Waals surface area (Å²) in [6.45, 7) is 0.242. The van der Waals surface area contributed by atoms with Crippen molar-refractivity contribution in [2.24, 2.45) is 0 Å². The summed E-state index contributed by atoms with van der Waals surface area (Å²) in [6.07, 6.45) is -0.0975. The van der Waals surface area contributed by atoms with Crippen LogP contribution in [-0.2, 0) is 17.8 Å². The zero-order valence-electron chi connectivity index (χ0n) is 11.4. The molecule has 1 aliphatic rings. The molecule has 0 fully saturated rings. The van der Waals surface area contributed by atoms with E-state index in [0.717, 1.165) is 5.56 Å². The van der Waals surface area contributed by atoms with Gasteiger partial charge in [-0.3, -0.25) is 4.79 Å². The summed E-state index contributed by atoms with van der Waals surface area (Å²) in [6, 6.07) is 9.79. The molecule has 114 valence electrons. The van der Waals surface area contributed by atoms with Gasteiger partial charge in [0, 0.05) is 22.5 Å². The third-order valence-electron chi connectivity index (χ3n) is 3.38. The van der Waals surface area contributed by atoms with Crippen LogP contribution in [0.25, 0.3) is 0 Å². The highest BCUT2D eigenvalue weighted by Crippen LogP contribution is 2.31. The van der Waals surface area contributed by atoms with E-state index in [9.17, 15) is 9.18 Å². The molecule has 3 rings (SSSR count). The van der Waals surface area contributed by atoms with E-state index in [0.29, 0.717) is 27.2 Å². The fourth-order valence-electron chi connectivity index (χ4n) is 2.38. The molecule has 1 aliphatic heterocycles. The zero-order chi connectivity index (χ0) is 15.7. The highest BCUT2D eigenvalue weighted by molar-refractivity contribution is 9.10. The van der Waals surface area contributed by atoms with Gasteiger partial charge < -0.3 is 10.1 Å². The van der Waals surface area contributed by atoms with Crippen LogP contribution >= 0.6 is 27.5 Å². The minimum atomic E-state index is -0.578. The lowest BCUT2D eigenvalue weighted by Crippen LogP contribution is -2.37. The van der Waals surface area contributed by atoms with Crippen molar-refractivity contribution in [3.05, 3.63) is 62.8 Å². The lowest BCUT2D eigenvalue weighted by Gasteiger charge is -2.11. The molecule has 2 aromatic carbocycles. The Balaban J connectivity index is 1.62. The second kappa shape index (κ2) is 6.26. The lowest BCUT2D eigenvalue weighted by molar-refractivity contribution is -0.127. The van der Waals surface area contributed by atoms with Crippen molar-refractivity contribution in [2.75, 3.05) is 0 Å². The minimum Gasteiger partial charge on any atom is -0.480 e. The Morgan fingerprint density at radius 2 is 2.18 bits per heavy atom. The molecule has 1 amide bonds. The molecule has 3 nitrogen and oxygen atoms in total. The minimum absolute atomic E-state index is 0.229. The number of ether oxygens (including phenoxy) is 1. The van der Waals surface area contributed by atoms with Crippen LogP contribution in [0.2, 0.25) is 5.02 Å². The maximum Gasteiger partial charge on any atom is 0.261 e. The first-order chi connectivity index (χ1) is 10.5. The summed E-state index contributed by atoms with van der Waals surface area (Å²) in [5.41, 5.74) is 1.60. The summed E-state index contributed by atoms with van der Waals surface area (Å²) in [5.74, 6) is 0.101. The predicted octanol–water partition coefficient (Wildman–Crippen LogP) is 3.86. The monoisotopic (exact) mass is 383 g/mol. The van der Waals surface area contributed by atoms with Crippen molar-refractivity contribution in [1.82, 2.24) is 5.32 Å². The SMILES string of the molecule is O=C(NCc1cc(F)cc(Br)c1)C1Cc2cc(Cl)ccc2O1. The van der Waals surface area contributed by atoms with Gasteiger partial charge in [-0.05, 0) is 47.5 Å². The molecule has 0 saturated heterocycles. The van der Waals surface area contributed by atoms with Crippen molar-refractivity contribution in [2.45, 2.75) is 19.1 Å². The predicted molar refractivity (Wildman–Crippen MR) is 85.5 cm³/mol. The van der Waals surface area contributed by atoms with Crippen LogP contribution in [0.5, 0.6) is 5.75 Å². The number of benzene rings is 2. The fourth-order valence-corrected chi connectivity index (χ4v) is 3.09. The van der Waals surface area contributed by atoms with Gasteiger partial charge in [-0.25, -0.2) is 4.39 Å². The normalized spacial score (nSPS) is 16.0. The number of rotatable bonds is 3. The van der Waals surface area contributed by atoms with Crippen LogP contribution in [0.1, 0.15) is 11.1 Å². The molecule has 2 aromatic rings. The van der Waals surface area contributed by atoms with Gasteiger partial charge in [0.05, 0.1) is 0 Å². The van der Waals surface area contributed by atoms with E-state index in [1.807, 2.05) is 0 Å². The highest BCUT2D eigenvalue weighted by atomic mass is 79.9. The standard InChI is InChI=1S/C16H12BrClFNO2/c17-11-3-9(4-13(19)7-11)8-20-16(21)15-6-10-5-12(18)1-2-14(10)22-15/h1-5,7,15H,6,8H2,(H,20,21). The largest absolute Gasteiger partial charge is 0.480 e. The first-order valence-electron chi connectivity index (χ1n) is 6.69. The fraction of sp³-hybridized carbons (Fsp3) is 0.188. The van der Waals surface area contributed by atoms with Gasteiger partial charge in [-0.1, -0.05) is 27.5 Å². The summed E-state index contributed by atoms with van der Waals surface area (Å²) >= 11 is 9.15. The Labute approximate surface area is 140 Å². The van der Waals surface area contributed by atoms with Gasteiger partial charge in [0.2, 0.25) is 0 Å². The van der Waals surface area contributed by atoms with Crippen molar-refractivity contribution in [1.29, 1.82) is 0 Å². The van der Waals surface area contributed by atoms with Crippen molar-refractivity contribution in [3.63, 3.8) is 0 Å². The number of carbonyl (C=O) groups excluding carboxylic acids is 1. The van der Waals surface area contributed by atoms with E-state index in [2.05, 4.69) is 21.2 Å². The number of amides is 1. The van der Waals surface area contributed by atoms with E-state index < -0.39 is 6.10 Å². The second-order valence-corrected chi connectivity index (χ2v) is 6.41. The third-order valence-corrected chi connectivity index (χ3v) is 4.07. The number of hydrogen-bond donors (Lipinski definition) is 1. The van der Waals surface area contributed by atoms with Crippen LogP contribution in [0, 0.1) is 5.82 Å². The Morgan fingerprint density at radius 1 is 1.36 bits per heavy atom. The van der Waals surface area contributed by atoms with Crippen LogP contribution in [0.15, 0.2) is 40.9 Å². The summed E-state index contributed by atoms with van der Waals surface area (Å²) in [7, 11) is 0. The average Bonchev–Trinajstić information content (AvgIpc) is 2.86. The number of hydrogen-bond acceptors (Lipinski definition) is 2. The molecule has 0 aromatic heterocycles. The molecular weight excluding hydrogens is 373 g/mol. The first kappa shape index (κ1) is 15.3. The van der Waals surface area contributed by atoms with Crippen LogP contribution < -0.4 is 10.1 Å². The van der Waals surface area contributed by atoms with Crippen LogP contribution in [0.4, 0.5) is 4.39 Å². The van der Waals surface area contributed by atoms with Gasteiger partial charge in [0.25, 0.3) is 5.91 Å². The third kappa shape index (κ3) is 3.42. The molecule has 22 heavy (non-hydrogen) atoms. The topological polar surface area (TPSA) is 38.3 Å². The Hall–Kier alpha value is -1.59. The molecule has 1 N–H and O–H groups in total. The van der Waals surface area contributed by atoms with Gasteiger partial charge in [0.1, 0.15) is 11.6 Å². The van der Waals surface area contributed by atoms with Crippen LogP contribution in [-0.4, -0.2) is 12.0 Å². The number of fused-ring (bicyclic) bond motifs is 1. The molecule has 0 aliphatic carbocycles. The molecule has 1 atom stereocenters. The highest BCUT2D eigenvalue weighted by Gasteiger charge is 2.28. The lowest BCUT2D eigenvalue weighted by atomic mass is 10.1. The second-order valence-electron chi connectivity index (χ2n) is 5.06. The molecule has 6 heteroatoms. The van der Waals surface area contributed by atoms with Gasteiger partial charge in [-0.2, -0.15) is 0 Å². The Kier molecular flexibility index (Phi) is 4.36. The van der Waals surface area contributed by atoms with E-state index in [4.69, 9.17) is 16.3 Å². The van der Waals surface area contributed by atoms with Gasteiger partial charge in [0.15, 0.2) is 6.10 Å². The van der Waals surface area contributed by atoms with Gasteiger partial charge >= 0.3 is 0 Å². The summed E-state index contributed by atoms with van der Waals surface area (Å²) < 4.78 is 19.5. The van der Waals surface area contributed by atoms with E-state index in [-0.39, 0.29) is 18.3 Å². The molecule has 0 radical (unpaired) electrons. The smallest absolute Gasteiger partial charge is 0.261 e. The van der Waals surface area contributed by atoms with Gasteiger partial charge in [-0.15, -0.1) is 0 Å². The number of carbonyl (C=O) groups is 1. The Morgan fingerprint density at radius 3 is 2.95 bits per heavy atom.